The molecule has 5 nitrogen and oxygen atoms in total. The van der Waals surface area contributed by atoms with Crippen LogP contribution in [0, 0.1) is 11.3 Å². The smallest absolute Gasteiger partial charge is 0.220 e. The fraction of sp³-hybridized carbons (Fsp3) is 0.933. The second kappa shape index (κ2) is 7.58. The summed E-state index contributed by atoms with van der Waals surface area (Å²) in [4.78, 5) is 11.9. The molecule has 1 heterocycles. The minimum absolute atomic E-state index is 0.0524. The molecule has 6 heteroatoms. The highest BCUT2D eigenvalue weighted by Gasteiger charge is 2.31. The molecule has 1 fully saturated rings. The first kappa shape index (κ1) is 18.4. The largest absolute Gasteiger partial charge is 0.355 e. The molecule has 3 N–H and O–H groups in total. The summed E-state index contributed by atoms with van der Waals surface area (Å²) in [6.07, 6.45) is 3.53. The number of rotatable bonds is 7. The summed E-state index contributed by atoms with van der Waals surface area (Å²) in [5.41, 5.74) is 5.77. The van der Waals surface area contributed by atoms with Crippen LogP contribution < -0.4 is 11.1 Å². The number of hydrogen-bond acceptors (Lipinski definition) is 4. The van der Waals surface area contributed by atoms with Crippen LogP contribution in [0.5, 0.6) is 0 Å². The van der Waals surface area contributed by atoms with Crippen molar-refractivity contribution < 1.29 is 13.2 Å². The van der Waals surface area contributed by atoms with Crippen LogP contribution in [0.15, 0.2) is 0 Å². The molecule has 1 aliphatic heterocycles. The van der Waals surface area contributed by atoms with Crippen LogP contribution in [0.25, 0.3) is 0 Å². The molecule has 0 aromatic rings. The van der Waals surface area contributed by atoms with Gasteiger partial charge in [-0.05, 0) is 43.6 Å². The Hall–Kier alpha value is -0.620. The number of amides is 1. The molecule has 1 saturated heterocycles. The van der Waals surface area contributed by atoms with Gasteiger partial charge in [0.1, 0.15) is 0 Å². The molecule has 1 amide bonds. The lowest BCUT2D eigenvalue weighted by Gasteiger charge is -2.30. The van der Waals surface area contributed by atoms with Crippen LogP contribution in [0.1, 0.15) is 52.9 Å². The van der Waals surface area contributed by atoms with E-state index in [0.29, 0.717) is 31.7 Å². The Balaban J connectivity index is 2.36. The zero-order chi connectivity index (χ0) is 16.1. The predicted octanol–water partition coefficient (Wildman–Crippen LogP) is 1.47. The SMILES string of the molecule is CC(C)(C)C(CCN)CCC(=O)NCC1CCCS1(=O)=O. The molecule has 0 bridgehead atoms. The first-order valence-electron chi connectivity index (χ1n) is 7.85. The average molecular weight is 318 g/mol. The number of nitrogens with two attached hydrogens (primary N) is 1. The molecule has 1 aliphatic rings. The van der Waals surface area contributed by atoms with E-state index in [0.717, 1.165) is 12.8 Å². The molecule has 21 heavy (non-hydrogen) atoms. The summed E-state index contributed by atoms with van der Waals surface area (Å²) in [7, 11) is -2.98. The highest BCUT2D eigenvalue weighted by Crippen LogP contribution is 2.32. The summed E-state index contributed by atoms with van der Waals surface area (Å²) >= 11 is 0. The summed E-state index contributed by atoms with van der Waals surface area (Å²) in [6.45, 7) is 7.38. The van der Waals surface area contributed by atoms with E-state index >= 15 is 0 Å². The lowest BCUT2D eigenvalue weighted by atomic mass is 9.76. The molecular weight excluding hydrogens is 288 g/mol. The second-order valence-corrected chi connectivity index (χ2v) is 9.51. The maximum Gasteiger partial charge on any atom is 0.220 e. The van der Waals surface area contributed by atoms with Gasteiger partial charge in [0.2, 0.25) is 5.91 Å². The Kier molecular flexibility index (Phi) is 6.66. The fourth-order valence-corrected chi connectivity index (χ4v) is 4.69. The Labute approximate surface area is 129 Å². The number of nitrogens with one attached hydrogen (secondary N) is 1. The third-order valence-electron chi connectivity index (χ3n) is 4.45. The van der Waals surface area contributed by atoms with Gasteiger partial charge in [0.05, 0.1) is 11.0 Å². The van der Waals surface area contributed by atoms with Crippen LogP contribution in [0.4, 0.5) is 0 Å². The summed E-state index contributed by atoms with van der Waals surface area (Å²) in [6, 6.07) is 0. The minimum Gasteiger partial charge on any atom is -0.355 e. The van der Waals surface area contributed by atoms with E-state index in [9.17, 15) is 13.2 Å². The molecule has 0 aliphatic carbocycles. The van der Waals surface area contributed by atoms with Gasteiger partial charge in [-0.3, -0.25) is 4.79 Å². The van der Waals surface area contributed by atoms with Crippen molar-refractivity contribution in [1.29, 1.82) is 0 Å². The highest BCUT2D eigenvalue weighted by molar-refractivity contribution is 7.92. The molecule has 0 spiro atoms. The Morgan fingerprint density at radius 3 is 2.48 bits per heavy atom. The lowest BCUT2D eigenvalue weighted by Crippen LogP contribution is -2.35. The van der Waals surface area contributed by atoms with Gasteiger partial charge in [-0.15, -0.1) is 0 Å². The van der Waals surface area contributed by atoms with Crippen LogP contribution in [-0.2, 0) is 14.6 Å². The molecular formula is C15H30N2O3S. The zero-order valence-corrected chi connectivity index (χ0v) is 14.3. The van der Waals surface area contributed by atoms with E-state index < -0.39 is 9.84 Å². The number of carbonyl (C=O) groups is 1. The molecule has 0 radical (unpaired) electrons. The third kappa shape index (κ3) is 5.94. The fourth-order valence-electron chi connectivity index (χ4n) is 2.92. The van der Waals surface area contributed by atoms with E-state index in [1.54, 1.807) is 0 Å². The maximum atomic E-state index is 11.9. The van der Waals surface area contributed by atoms with Crippen molar-refractivity contribution in [1.82, 2.24) is 5.32 Å². The average Bonchev–Trinajstić information content (AvgIpc) is 2.69. The van der Waals surface area contributed by atoms with Gasteiger partial charge in [0, 0.05) is 13.0 Å². The van der Waals surface area contributed by atoms with Crippen LogP contribution >= 0.6 is 0 Å². The molecule has 2 unspecified atom stereocenters. The Bertz CT molecular complexity index is 440. The lowest BCUT2D eigenvalue weighted by molar-refractivity contribution is -0.121. The van der Waals surface area contributed by atoms with Gasteiger partial charge >= 0.3 is 0 Å². The van der Waals surface area contributed by atoms with Crippen molar-refractivity contribution in [3.8, 4) is 0 Å². The van der Waals surface area contributed by atoms with Gasteiger partial charge < -0.3 is 11.1 Å². The normalized spacial score (nSPS) is 23.0. The molecule has 1 rings (SSSR count). The van der Waals surface area contributed by atoms with Crippen molar-refractivity contribution in [2.24, 2.45) is 17.1 Å². The number of carbonyl (C=O) groups excluding carboxylic acids is 1. The predicted molar refractivity (Wildman–Crippen MR) is 85.7 cm³/mol. The first-order valence-corrected chi connectivity index (χ1v) is 9.56. The van der Waals surface area contributed by atoms with Gasteiger partial charge in [0.25, 0.3) is 0 Å². The minimum atomic E-state index is -2.98. The quantitative estimate of drug-likeness (QED) is 0.744. The van der Waals surface area contributed by atoms with Crippen molar-refractivity contribution in [3.63, 3.8) is 0 Å². The van der Waals surface area contributed by atoms with E-state index in [1.807, 2.05) is 0 Å². The third-order valence-corrected chi connectivity index (χ3v) is 6.73. The van der Waals surface area contributed by atoms with Crippen molar-refractivity contribution in [2.45, 2.75) is 58.1 Å². The van der Waals surface area contributed by atoms with E-state index in [-0.39, 0.29) is 28.9 Å². The van der Waals surface area contributed by atoms with Crippen molar-refractivity contribution in [3.05, 3.63) is 0 Å². The molecule has 2 atom stereocenters. The molecule has 0 aromatic heterocycles. The summed E-state index contributed by atoms with van der Waals surface area (Å²) < 4.78 is 23.4. The van der Waals surface area contributed by atoms with Gasteiger partial charge in [-0.25, -0.2) is 8.42 Å². The molecule has 0 aromatic carbocycles. The summed E-state index contributed by atoms with van der Waals surface area (Å²) in [5.74, 6) is 0.614. The Morgan fingerprint density at radius 1 is 1.33 bits per heavy atom. The van der Waals surface area contributed by atoms with E-state index in [2.05, 4.69) is 26.1 Å². The van der Waals surface area contributed by atoms with Gasteiger partial charge in [-0.2, -0.15) is 0 Å². The Morgan fingerprint density at radius 2 is 2.00 bits per heavy atom. The van der Waals surface area contributed by atoms with Crippen LogP contribution in [0.3, 0.4) is 0 Å². The highest BCUT2D eigenvalue weighted by atomic mass is 32.2. The molecule has 0 saturated carbocycles. The van der Waals surface area contributed by atoms with Crippen LogP contribution in [0.2, 0.25) is 0 Å². The van der Waals surface area contributed by atoms with Crippen molar-refractivity contribution in [2.75, 3.05) is 18.8 Å². The topological polar surface area (TPSA) is 89.3 Å². The van der Waals surface area contributed by atoms with E-state index in [1.165, 1.54) is 0 Å². The molecule has 124 valence electrons. The van der Waals surface area contributed by atoms with Gasteiger partial charge in [-0.1, -0.05) is 20.8 Å². The second-order valence-electron chi connectivity index (χ2n) is 7.11. The first-order chi connectivity index (χ1) is 9.66. The number of hydrogen-bond donors (Lipinski definition) is 2. The maximum absolute atomic E-state index is 11.9. The monoisotopic (exact) mass is 318 g/mol. The van der Waals surface area contributed by atoms with E-state index in [4.69, 9.17) is 5.73 Å². The summed E-state index contributed by atoms with van der Waals surface area (Å²) in [5, 5.41) is 2.39. The zero-order valence-electron chi connectivity index (χ0n) is 13.5. The van der Waals surface area contributed by atoms with Crippen molar-refractivity contribution >= 4 is 15.7 Å². The van der Waals surface area contributed by atoms with Crippen LogP contribution in [-0.4, -0.2) is 38.4 Å². The van der Waals surface area contributed by atoms with Gasteiger partial charge in [0.15, 0.2) is 9.84 Å². The standard InChI is InChI=1S/C15H30N2O3S/c1-15(2,3)12(8-9-16)6-7-14(18)17-11-13-5-4-10-21(13,19)20/h12-13H,4-11,16H2,1-3H3,(H,17,18). The number of sulfone groups is 1.